The quantitative estimate of drug-likeness (QED) is 0.658. The van der Waals surface area contributed by atoms with Crippen molar-refractivity contribution in [2.45, 2.75) is 45.2 Å². The predicted molar refractivity (Wildman–Crippen MR) is 57.0 cm³/mol. The van der Waals surface area contributed by atoms with Gasteiger partial charge in [0.05, 0.1) is 8.07 Å². The first-order valence-electron chi connectivity index (χ1n) is 4.88. The number of nitrogens with one attached hydrogen (secondary N) is 1. The molecule has 2 nitrogen and oxygen atoms in total. The number of hydrogen-bond donors (Lipinski definition) is 1. The summed E-state index contributed by atoms with van der Waals surface area (Å²) in [6, 6.07) is 0.693. The molecule has 72 valence electrons. The van der Waals surface area contributed by atoms with Crippen molar-refractivity contribution in [2.24, 2.45) is 0 Å². The fourth-order valence-corrected chi connectivity index (χ4v) is 3.05. The summed E-state index contributed by atoms with van der Waals surface area (Å²) >= 11 is 0. The molecule has 0 amide bonds. The van der Waals surface area contributed by atoms with Crippen molar-refractivity contribution in [1.29, 1.82) is 0 Å². The van der Waals surface area contributed by atoms with Gasteiger partial charge < -0.3 is 5.32 Å². The lowest BCUT2D eigenvalue weighted by Crippen LogP contribution is -2.47. The molecular weight excluding hydrogens is 164 g/mol. The van der Waals surface area contributed by atoms with Crippen LogP contribution in [0.15, 0.2) is 0 Å². The summed E-state index contributed by atoms with van der Waals surface area (Å²) in [5.74, 6) is 0. The Morgan fingerprint density at radius 2 is 1.92 bits per heavy atom. The Bertz CT molecular complexity index is 151. The highest BCUT2D eigenvalue weighted by molar-refractivity contribution is 6.77. The molecule has 0 aliphatic carbocycles. The summed E-state index contributed by atoms with van der Waals surface area (Å²) in [5.41, 5.74) is 0.792. The molecular formula is C9H22N2Si. The standard InChI is InChI=1S/C9H22N2Si/c1-8(2)11-6-9(10-7-11)12(3,4)5/h8-10H,6-7H2,1-5H3. The SMILES string of the molecule is CC(C)N1CNC([Si](C)(C)C)C1. The Balaban J connectivity index is 2.46. The normalized spacial score (nSPS) is 27.0. The molecule has 0 aromatic heterocycles. The fraction of sp³-hybridized carbons (Fsp3) is 1.00. The summed E-state index contributed by atoms with van der Waals surface area (Å²) < 4.78 is 0. The molecule has 1 aliphatic rings. The van der Waals surface area contributed by atoms with Gasteiger partial charge >= 0.3 is 0 Å². The van der Waals surface area contributed by atoms with Gasteiger partial charge in [-0.25, -0.2) is 0 Å². The minimum Gasteiger partial charge on any atom is -0.303 e. The van der Waals surface area contributed by atoms with Gasteiger partial charge in [-0.05, 0) is 13.8 Å². The van der Waals surface area contributed by atoms with Crippen LogP contribution in [0.4, 0.5) is 0 Å². The summed E-state index contributed by atoms with van der Waals surface area (Å²) in [6.07, 6.45) is 0. The summed E-state index contributed by atoms with van der Waals surface area (Å²) in [5, 5.41) is 3.62. The minimum atomic E-state index is -0.965. The molecule has 1 saturated heterocycles. The maximum absolute atomic E-state index is 3.62. The molecule has 1 unspecified atom stereocenters. The molecule has 0 bridgehead atoms. The minimum absolute atomic E-state index is 0.693. The highest BCUT2D eigenvalue weighted by Crippen LogP contribution is 2.15. The highest BCUT2D eigenvalue weighted by atomic mass is 28.3. The van der Waals surface area contributed by atoms with Crippen LogP contribution in [0.5, 0.6) is 0 Å². The number of hydrogen-bond acceptors (Lipinski definition) is 2. The van der Waals surface area contributed by atoms with Crippen LogP contribution in [-0.2, 0) is 0 Å². The molecule has 1 N–H and O–H groups in total. The van der Waals surface area contributed by atoms with E-state index in [0.29, 0.717) is 6.04 Å². The number of rotatable bonds is 2. The predicted octanol–water partition coefficient (Wildman–Crippen LogP) is 1.50. The van der Waals surface area contributed by atoms with E-state index in [-0.39, 0.29) is 0 Å². The zero-order valence-electron chi connectivity index (χ0n) is 9.02. The molecule has 0 aromatic carbocycles. The molecule has 1 atom stereocenters. The second-order valence-electron chi connectivity index (χ2n) is 5.15. The Morgan fingerprint density at radius 3 is 2.17 bits per heavy atom. The summed E-state index contributed by atoms with van der Waals surface area (Å²) in [7, 11) is -0.965. The lowest BCUT2D eigenvalue weighted by molar-refractivity contribution is 0.272. The first-order valence-corrected chi connectivity index (χ1v) is 8.46. The molecule has 1 heterocycles. The van der Waals surface area contributed by atoms with Crippen molar-refractivity contribution in [1.82, 2.24) is 10.2 Å². The molecule has 3 heteroatoms. The average molecular weight is 186 g/mol. The Labute approximate surface area is 77.3 Å². The Morgan fingerprint density at radius 1 is 1.33 bits per heavy atom. The first kappa shape index (κ1) is 10.2. The molecule has 1 rings (SSSR count). The maximum atomic E-state index is 3.62. The van der Waals surface area contributed by atoms with Gasteiger partial charge in [-0.1, -0.05) is 19.6 Å². The van der Waals surface area contributed by atoms with Crippen LogP contribution < -0.4 is 5.32 Å². The average Bonchev–Trinajstić information content (AvgIpc) is 2.30. The van der Waals surface area contributed by atoms with Crippen molar-refractivity contribution < 1.29 is 0 Å². The van der Waals surface area contributed by atoms with Gasteiger partial charge in [-0.2, -0.15) is 0 Å². The Hall–Kier alpha value is 0.137. The van der Waals surface area contributed by atoms with E-state index >= 15 is 0 Å². The van der Waals surface area contributed by atoms with E-state index in [1.54, 1.807) is 0 Å². The van der Waals surface area contributed by atoms with Crippen molar-refractivity contribution in [2.75, 3.05) is 13.2 Å². The van der Waals surface area contributed by atoms with Gasteiger partial charge in [-0.3, -0.25) is 4.90 Å². The molecule has 0 spiro atoms. The third-order valence-corrected chi connectivity index (χ3v) is 5.21. The van der Waals surface area contributed by atoms with Crippen molar-refractivity contribution in [3.63, 3.8) is 0 Å². The first-order chi connectivity index (χ1) is 5.41. The molecule has 12 heavy (non-hydrogen) atoms. The summed E-state index contributed by atoms with van der Waals surface area (Å²) in [4.78, 5) is 2.52. The van der Waals surface area contributed by atoms with E-state index < -0.39 is 8.07 Å². The molecule has 0 aromatic rings. The van der Waals surface area contributed by atoms with E-state index in [2.05, 4.69) is 43.7 Å². The van der Waals surface area contributed by atoms with E-state index in [1.165, 1.54) is 6.54 Å². The second-order valence-corrected chi connectivity index (χ2v) is 10.6. The van der Waals surface area contributed by atoms with Gasteiger partial charge in [0.1, 0.15) is 0 Å². The van der Waals surface area contributed by atoms with Crippen LogP contribution in [0.3, 0.4) is 0 Å². The second kappa shape index (κ2) is 3.48. The van der Waals surface area contributed by atoms with Crippen LogP contribution in [-0.4, -0.2) is 37.9 Å². The lowest BCUT2D eigenvalue weighted by Gasteiger charge is -2.25. The largest absolute Gasteiger partial charge is 0.303 e. The Kier molecular flexibility index (Phi) is 2.96. The fourth-order valence-electron chi connectivity index (χ4n) is 1.56. The topological polar surface area (TPSA) is 15.3 Å². The van der Waals surface area contributed by atoms with Gasteiger partial charge in [-0.15, -0.1) is 0 Å². The van der Waals surface area contributed by atoms with Crippen LogP contribution in [0.2, 0.25) is 19.6 Å². The van der Waals surface area contributed by atoms with Crippen molar-refractivity contribution >= 4 is 8.07 Å². The smallest absolute Gasteiger partial charge is 0.0652 e. The van der Waals surface area contributed by atoms with Gasteiger partial charge in [0.2, 0.25) is 0 Å². The zero-order chi connectivity index (χ0) is 9.35. The molecule has 1 aliphatic heterocycles. The molecule has 0 saturated carbocycles. The van der Waals surface area contributed by atoms with E-state index in [9.17, 15) is 0 Å². The van der Waals surface area contributed by atoms with Crippen LogP contribution in [0.25, 0.3) is 0 Å². The van der Waals surface area contributed by atoms with Crippen LogP contribution >= 0.6 is 0 Å². The highest BCUT2D eigenvalue weighted by Gasteiger charge is 2.33. The number of nitrogens with zero attached hydrogens (tertiary/aromatic N) is 1. The summed E-state index contributed by atoms with van der Waals surface area (Å²) in [6.45, 7) is 14.2. The third-order valence-electron chi connectivity index (χ3n) is 2.73. The maximum Gasteiger partial charge on any atom is 0.0652 e. The van der Waals surface area contributed by atoms with E-state index in [0.717, 1.165) is 12.3 Å². The van der Waals surface area contributed by atoms with Gasteiger partial charge in [0, 0.05) is 24.9 Å². The monoisotopic (exact) mass is 186 g/mol. The van der Waals surface area contributed by atoms with Crippen LogP contribution in [0.1, 0.15) is 13.8 Å². The van der Waals surface area contributed by atoms with E-state index in [1.807, 2.05) is 0 Å². The van der Waals surface area contributed by atoms with Gasteiger partial charge in [0.25, 0.3) is 0 Å². The van der Waals surface area contributed by atoms with Crippen molar-refractivity contribution in [3.8, 4) is 0 Å². The van der Waals surface area contributed by atoms with Crippen LogP contribution in [0, 0.1) is 0 Å². The third kappa shape index (κ3) is 2.31. The zero-order valence-corrected chi connectivity index (χ0v) is 10.0. The lowest BCUT2D eigenvalue weighted by atomic mass is 10.3. The molecule has 1 fully saturated rings. The van der Waals surface area contributed by atoms with Crippen molar-refractivity contribution in [3.05, 3.63) is 0 Å². The van der Waals surface area contributed by atoms with Gasteiger partial charge in [0.15, 0.2) is 0 Å². The molecule has 0 radical (unpaired) electrons. The van der Waals surface area contributed by atoms with E-state index in [4.69, 9.17) is 0 Å².